The van der Waals surface area contributed by atoms with E-state index in [0.29, 0.717) is 12.2 Å². The summed E-state index contributed by atoms with van der Waals surface area (Å²) in [6.45, 7) is 2.43. The van der Waals surface area contributed by atoms with Crippen molar-refractivity contribution in [1.82, 2.24) is 4.90 Å². The standard InChI is InChI=1S/C21H28ClNO/c22-19-13-18(14-19)21(24)7-5-15-4-6-16-8-10-23(20-2-1-3-20)11-9-17(16)12-15/h4,6,12,18-20H,1-3,5,7-11,13-14H2. The van der Waals surface area contributed by atoms with Crippen LogP contribution < -0.4 is 0 Å². The van der Waals surface area contributed by atoms with E-state index in [4.69, 9.17) is 11.6 Å². The van der Waals surface area contributed by atoms with Crippen molar-refractivity contribution in [3.8, 4) is 0 Å². The highest BCUT2D eigenvalue weighted by Crippen LogP contribution is 2.33. The summed E-state index contributed by atoms with van der Waals surface area (Å²) in [5.74, 6) is 0.655. The van der Waals surface area contributed by atoms with E-state index in [2.05, 4.69) is 23.1 Å². The predicted octanol–water partition coefficient (Wildman–Crippen LogP) is 4.16. The number of ketones is 1. The van der Waals surface area contributed by atoms with Crippen LogP contribution in [0.2, 0.25) is 0 Å². The van der Waals surface area contributed by atoms with Crippen LogP contribution in [0.1, 0.15) is 55.2 Å². The highest BCUT2D eigenvalue weighted by Gasteiger charge is 2.32. The summed E-state index contributed by atoms with van der Waals surface area (Å²) in [6.07, 6.45) is 9.92. The normalized spacial score (nSPS) is 27.7. The molecule has 0 aromatic heterocycles. The van der Waals surface area contributed by atoms with Crippen LogP contribution in [0.5, 0.6) is 0 Å². The SMILES string of the molecule is O=C(CCc1ccc2c(c1)CCN(C1CCC1)CC2)C1CC(Cl)C1. The molecule has 0 bridgehead atoms. The lowest BCUT2D eigenvalue weighted by molar-refractivity contribution is -0.125. The Kier molecular flexibility index (Phi) is 4.96. The van der Waals surface area contributed by atoms with Crippen molar-refractivity contribution in [3.05, 3.63) is 34.9 Å². The van der Waals surface area contributed by atoms with Crippen molar-refractivity contribution in [2.45, 2.75) is 69.2 Å². The van der Waals surface area contributed by atoms with E-state index >= 15 is 0 Å². The Morgan fingerprint density at radius 2 is 1.88 bits per heavy atom. The molecule has 0 spiro atoms. The Morgan fingerprint density at radius 1 is 1.12 bits per heavy atom. The highest BCUT2D eigenvalue weighted by molar-refractivity contribution is 6.21. The molecule has 1 aromatic rings. The maximum atomic E-state index is 12.2. The zero-order valence-corrected chi connectivity index (χ0v) is 15.2. The van der Waals surface area contributed by atoms with Crippen LogP contribution in [0.4, 0.5) is 0 Å². The van der Waals surface area contributed by atoms with Crippen molar-refractivity contribution >= 4 is 17.4 Å². The first kappa shape index (κ1) is 16.6. The van der Waals surface area contributed by atoms with Gasteiger partial charge in [-0.2, -0.15) is 0 Å². The Morgan fingerprint density at radius 3 is 2.54 bits per heavy atom. The molecule has 2 nitrogen and oxygen atoms in total. The molecule has 3 aliphatic rings. The van der Waals surface area contributed by atoms with E-state index in [0.717, 1.165) is 25.3 Å². The summed E-state index contributed by atoms with van der Waals surface area (Å²) in [5, 5.41) is 0.241. The molecular formula is C21H28ClNO. The van der Waals surface area contributed by atoms with Crippen molar-refractivity contribution < 1.29 is 4.79 Å². The summed E-state index contributed by atoms with van der Waals surface area (Å²) in [4.78, 5) is 14.9. The lowest BCUT2D eigenvalue weighted by atomic mass is 9.80. The molecule has 1 aliphatic heterocycles. The van der Waals surface area contributed by atoms with Crippen LogP contribution in [-0.4, -0.2) is 35.2 Å². The van der Waals surface area contributed by atoms with Gasteiger partial charge < -0.3 is 0 Å². The number of rotatable bonds is 5. The number of aryl methyl sites for hydroxylation is 1. The topological polar surface area (TPSA) is 20.3 Å². The summed E-state index contributed by atoms with van der Waals surface area (Å²) >= 11 is 5.99. The Hall–Kier alpha value is -0.860. The molecule has 2 saturated carbocycles. The zero-order valence-electron chi connectivity index (χ0n) is 14.5. The van der Waals surface area contributed by atoms with Gasteiger partial charge in [-0.3, -0.25) is 9.69 Å². The van der Waals surface area contributed by atoms with E-state index in [-0.39, 0.29) is 11.3 Å². The van der Waals surface area contributed by atoms with E-state index in [9.17, 15) is 4.79 Å². The van der Waals surface area contributed by atoms with Gasteiger partial charge in [0.15, 0.2) is 0 Å². The maximum Gasteiger partial charge on any atom is 0.136 e. The van der Waals surface area contributed by atoms with E-state index in [1.807, 2.05) is 0 Å². The molecule has 4 rings (SSSR count). The minimum Gasteiger partial charge on any atom is -0.300 e. The average Bonchev–Trinajstić information content (AvgIpc) is 2.70. The van der Waals surface area contributed by atoms with Gasteiger partial charge in [0.1, 0.15) is 5.78 Å². The summed E-state index contributed by atoms with van der Waals surface area (Å²) in [6, 6.07) is 7.79. The van der Waals surface area contributed by atoms with Crippen LogP contribution in [0.15, 0.2) is 18.2 Å². The second-order valence-electron chi connectivity index (χ2n) is 7.96. The number of fused-ring (bicyclic) bond motifs is 1. The Bertz CT molecular complexity index is 604. The highest BCUT2D eigenvalue weighted by atomic mass is 35.5. The number of nitrogens with zero attached hydrogens (tertiary/aromatic N) is 1. The van der Waals surface area contributed by atoms with E-state index in [1.165, 1.54) is 61.9 Å². The van der Waals surface area contributed by atoms with Gasteiger partial charge >= 0.3 is 0 Å². The molecule has 1 heterocycles. The van der Waals surface area contributed by atoms with Crippen molar-refractivity contribution in [2.75, 3.05) is 13.1 Å². The van der Waals surface area contributed by atoms with Crippen LogP contribution in [0.3, 0.4) is 0 Å². The monoisotopic (exact) mass is 345 g/mol. The Balaban J connectivity index is 1.34. The molecule has 0 atom stereocenters. The number of halogens is 1. The van der Waals surface area contributed by atoms with Crippen molar-refractivity contribution in [2.24, 2.45) is 5.92 Å². The number of hydrogen-bond acceptors (Lipinski definition) is 2. The molecule has 24 heavy (non-hydrogen) atoms. The average molecular weight is 346 g/mol. The van der Waals surface area contributed by atoms with Crippen LogP contribution >= 0.6 is 11.6 Å². The summed E-state index contributed by atoms with van der Waals surface area (Å²) < 4.78 is 0. The third-order valence-electron chi connectivity index (χ3n) is 6.39. The van der Waals surface area contributed by atoms with Gasteiger partial charge in [0, 0.05) is 36.8 Å². The van der Waals surface area contributed by atoms with Gasteiger partial charge in [0.25, 0.3) is 0 Å². The third-order valence-corrected chi connectivity index (χ3v) is 6.75. The van der Waals surface area contributed by atoms with Gasteiger partial charge in [-0.05, 0) is 61.6 Å². The quantitative estimate of drug-likeness (QED) is 0.747. The molecule has 0 amide bonds. The van der Waals surface area contributed by atoms with E-state index in [1.54, 1.807) is 0 Å². The second kappa shape index (κ2) is 7.17. The van der Waals surface area contributed by atoms with Gasteiger partial charge in [0.2, 0.25) is 0 Å². The van der Waals surface area contributed by atoms with Gasteiger partial charge in [0.05, 0.1) is 0 Å². The second-order valence-corrected chi connectivity index (χ2v) is 8.57. The molecule has 0 saturated heterocycles. The molecule has 2 fully saturated rings. The molecular weight excluding hydrogens is 318 g/mol. The van der Waals surface area contributed by atoms with Gasteiger partial charge in [-0.15, -0.1) is 11.6 Å². The predicted molar refractivity (Wildman–Crippen MR) is 98.8 cm³/mol. The number of hydrogen-bond donors (Lipinski definition) is 0. The number of carbonyl (C=O) groups excluding carboxylic acids is 1. The maximum absolute atomic E-state index is 12.2. The number of alkyl halides is 1. The first-order valence-corrected chi connectivity index (χ1v) is 10.1. The van der Waals surface area contributed by atoms with Crippen LogP contribution in [0.25, 0.3) is 0 Å². The lowest BCUT2D eigenvalue weighted by Gasteiger charge is -2.36. The zero-order chi connectivity index (χ0) is 16.5. The molecule has 0 unspecified atom stereocenters. The minimum atomic E-state index is 0.240. The fraction of sp³-hybridized carbons (Fsp3) is 0.667. The first-order chi connectivity index (χ1) is 11.7. The smallest absolute Gasteiger partial charge is 0.136 e. The number of Topliss-reactive ketones (excluding diaryl/α,β-unsaturated/α-hetero) is 1. The summed E-state index contributed by atoms with van der Waals surface area (Å²) in [5.41, 5.74) is 4.38. The molecule has 1 aromatic carbocycles. The van der Waals surface area contributed by atoms with E-state index < -0.39 is 0 Å². The Labute approximate surface area is 150 Å². The van der Waals surface area contributed by atoms with Crippen LogP contribution in [-0.2, 0) is 24.1 Å². The fourth-order valence-corrected chi connectivity index (χ4v) is 4.78. The molecule has 2 aliphatic carbocycles. The molecule has 0 radical (unpaired) electrons. The molecule has 0 N–H and O–H groups in total. The summed E-state index contributed by atoms with van der Waals surface area (Å²) in [7, 11) is 0. The van der Waals surface area contributed by atoms with Gasteiger partial charge in [-0.25, -0.2) is 0 Å². The van der Waals surface area contributed by atoms with Crippen molar-refractivity contribution in [1.29, 1.82) is 0 Å². The number of carbonyl (C=O) groups is 1. The van der Waals surface area contributed by atoms with Crippen molar-refractivity contribution in [3.63, 3.8) is 0 Å². The van der Waals surface area contributed by atoms with Crippen LogP contribution in [0, 0.1) is 5.92 Å². The lowest BCUT2D eigenvalue weighted by Crippen LogP contribution is -2.41. The largest absolute Gasteiger partial charge is 0.300 e. The molecule has 130 valence electrons. The third kappa shape index (κ3) is 3.55. The number of benzene rings is 1. The minimum absolute atomic E-state index is 0.240. The molecule has 3 heteroatoms. The first-order valence-electron chi connectivity index (χ1n) is 9.70. The van der Waals surface area contributed by atoms with Gasteiger partial charge in [-0.1, -0.05) is 24.6 Å². The fourth-order valence-electron chi connectivity index (χ4n) is 4.35.